The highest BCUT2D eigenvalue weighted by molar-refractivity contribution is 4.95. The molecular weight excluding hydrogens is 396 g/mol. The summed E-state index contributed by atoms with van der Waals surface area (Å²) in [5, 5.41) is 0. The van der Waals surface area contributed by atoms with E-state index in [1.807, 2.05) is 0 Å². The highest BCUT2D eigenvalue weighted by atomic mass is 14.3. The van der Waals surface area contributed by atoms with Crippen LogP contribution in [0.25, 0.3) is 0 Å². The normalized spacial score (nSPS) is 40.1. The van der Waals surface area contributed by atoms with Crippen LogP contribution < -0.4 is 0 Å². The zero-order valence-corrected chi connectivity index (χ0v) is 22.8. The van der Waals surface area contributed by atoms with E-state index in [1.165, 1.54) is 116 Å². The van der Waals surface area contributed by atoms with Gasteiger partial charge >= 0.3 is 0 Å². The lowest BCUT2D eigenvalue weighted by atomic mass is 9.69. The lowest BCUT2D eigenvalue weighted by Gasteiger charge is -2.37. The molecule has 4 fully saturated rings. The monoisotopic (exact) mass is 454 g/mol. The lowest BCUT2D eigenvalue weighted by molar-refractivity contribution is 0.148. The van der Waals surface area contributed by atoms with Crippen LogP contribution in [0.3, 0.4) is 0 Å². The zero-order chi connectivity index (χ0) is 23.5. The highest BCUT2D eigenvalue weighted by Gasteiger charge is 2.29. The van der Waals surface area contributed by atoms with Crippen molar-refractivity contribution in [2.45, 2.75) is 136 Å². The predicted molar refractivity (Wildman–Crippen MR) is 147 cm³/mol. The topological polar surface area (TPSA) is 0 Å². The molecule has 0 nitrogen and oxygen atoms in total. The summed E-state index contributed by atoms with van der Waals surface area (Å²) in [6, 6.07) is 0. The lowest BCUT2D eigenvalue weighted by Crippen LogP contribution is -2.25. The Balaban J connectivity index is 0.000000186. The quantitative estimate of drug-likeness (QED) is 0.350. The van der Waals surface area contributed by atoms with Gasteiger partial charge in [0, 0.05) is 0 Å². The second kappa shape index (κ2) is 14.8. The Morgan fingerprint density at radius 3 is 1.27 bits per heavy atom. The maximum absolute atomic E-state index is 3.84. The summed E-state index contributed by atoms with van der Waals surface area (Å²) in [4.78, 5) is 0. The van der Waals surface area contributed by atoms with Crippen molar-refractivity contribution < 1.29 is 0 Å². The van der Waals surface area contributed by atoms with Gasteiger partial charge in [0.2, 0.25) is 0 Å². The summed E-state index contributed by atoms with van der Waals surface area (Å²) < 4.78 is 0. The van der Waals surface area contributed by atoms with Crippen LogP contribution in [0.5, 0.6) is 0 Å². The van der Waals surface area contributed by atoms with Gasteiger partial charge in [0.05, 0.1) is 0 Å². The maximum atomic E-state index is 3.84. The number of allylic oxidation sites excluding steroid dienone is 3. The molecular formula is C33H58. The van der Waals surface area contributed by atoms with Crippen LogP contribution in [-0.2, 0) is 0 Å². The second-order valence-electron chi connectivity index (χ2n) is 13.1. The minimum atomic E-state index is 0.913. The van der Waals surface area contributed by atoms with Gasteiger partial charge < -0.3 is 0 Å². The molecule has 0 atom stereocenters. The summed E-state index contributed by atoms with van der Waals surface area (Å²) in [5.74, 6) is 8.00. The second-order valence-corrected chi connectivity index (χ2v) is 13.1. The van der Waals surface area contributed by atoms with Gasteiger partial charge in [0.15, 0.2) is 0 Å². The molecule has 0 aliphatic heterocycles. The fourth-order valence-corrected chi connectivity index (χ4v) is 7.33. The van der Waals surface area contributed by atoms with Gasteiger partial charge in [-0.05, 0) is 112 Å². The van der Waals surface area contributed by atoms with Crippen molar-refractivity contribution in [3.63, 3.8) is 0 Å². The SMILES string of the molecule is C=CCCC1CCC(C2CCC(C)CC2)CC1.CC1CCC(/C=C/C2CCC(C)CC2)CC1. The van der Waals surface area contributed by atoms with Crippen molar-refractivity contribution in [2.75, 3.05) is 0 Å². The molecule has 0 heterocycles. The molecule has 0 aromatic heterocycles. The smallest absolute Gasteiger partial charge is 0.0233 e. The van der Waals surface area contributed by atoms with Crippen LogP contribution in [0.15, 0.2) is 24.8 Å². The van der Waals surface area contributed by atoms with Gasteiger partial charge in [-0.3, -0.25) is 0 Å². The van der Waals surface area contributed by atoms with E-state index in [0.29, 0.717) is 0 Å². The Morgan fingerprint density at radius 1 is 0.515 bits per heavy atom. The van der Waals surface area contributed by atoms with Crippen molar-refractivity contribution in [3.05, 3.63) is 24.8 Å². The summed E-state index contributed by atoms with van der Waals surface area (Å²) in [6.45, 7) is 11.1. The summed E-state index contributed by atoms with van der Waals surface area (Å²) in [7, 11) is 0. The van der Waals surface area contributed by atoms with Gasteiger partial charge in [-0.15, -0.1) is 6.58 Å². The first-order chi connectivity index (χ1) is 16.0. The molecule has 0 amide bonds. The third-order valence-electron chi connectivity index (χ3n) is 10.2. The van der Waals surface area contributed by atoms with Gasteiger partial charge in [0.1, 0.15) is 0 Å². The van der Waals surface area contributed by atoms with E-state index in [-0.39, 0.29) is 0 Å². The minimum Gasteiger partial charge on any atom is -0.103 e. The molecule has 0 saturated heterocycles. The average molecular weight is 455 g/mol. The van der Waals surface area contributed by atoms with E-state index in [9.17, 15) is 0 Å². The van der Waals surface area contributed by atoms with Gasteiger partial charge in [-0.1, -0.05) is 90.4 Å². The van der Waals surface area contributed by atoms with Crippen molar-refractivity contribution in [2.24, 2.45) is 47.3 Å². The molecule has 0 aromatic carbocycles. The van der Waals surface area contributed by atoms with Crippen LogP contribution in [0.4, 0.5) is 0 Å². The first-order valence-corrected chi connectivity index (χ1v) is 15.3. The van der Waals surface area contributed by atoms with Gasteiger partial charge in [0.25, 0.3) is 0 Å². The van der Waals surface area contributed by atoms with E-state index in [4.69, 9.17) is 0 Å². The fraction of sp³-hybridized carbons (Fsp3) is 0.879. The van der Waals surface area contributed by atoms with Crippen LogP contribution in [-0.4, -0.2) is 0 Å². The predicted octanol–water partition coefficient (Wildman–Crippen LogP) is 10.8. The fourth-order valence-electron chi connectivity index (χ4n) is 7.33. The summed E-state index contributed by atoms with van der Waals surface area (Å²) in [6.07, 6.45) is 33.6. The molecule has 0 bridgehead atoms. The zero-order valence-electron chi connectivity index (χ0n) is 22.8. The average Bonchev–Trinajstić information content (AvgIpc) is 2.85. The van der Waals surface area contributed by atoms with Crippen LogP contribution in [0, 0.1) is 47.3 Å². The molecule has 0 heteroatoms. The largest absolute Gasteiger partial charge is 0.103 e. The van der Waals surface area contributed by atoms with E-state index in [0.717, 1.165) is 47.3 Å². The molecule has 0 unspecified atom stereocenters. The number of rotatable bonds is 6. The molecule has 33 heavy (non-hydrogen) atoms. The molecule has 0 spiro atoms. The van der Waals surface area contributed by atoms with E-state index < -0.39 is 0 Å². The Bertz CT molecular complexity index is 502. The van der Waals surface area contributed by atoms with Crippen molar-refractivity contribution in [1.82, 2.24) is 0 Å². The molecule has 4 aliphatic rings. The first kappa shape index (κ1) is 27.1. The minimum absolute atomic E-state index is 0.913. The summed E-state index contributed by atoms with van der Waals surface area (Å²) in [5.41, 5.74) is 0. The Labute approximate surface area is 208 Å². The Kier molecular flexibility index (Phi) is 12.1. The standard InChI is InChI=1S/C17H30.C16H28/c1-3-4-5-15-8-12-17(13-9-15)16-10-6-14(2)7-11-16;1-13-3-7-15(8-4-13)11-12-16-9-5-14(2)6-10-16/h3,14-17H,1,4-13H2,2H3;11-16H,3-10H2,1-2H3/b;12-11+. The first-order valence-electron chi connectivity index (χ1n) is 15.3. The highest BCUT2D eigenvalue weighted by Crippen LogP contribution is 2.42. The van der Waals surface area contributed by atoms with Crippen LogP contribution >= 0.6 is 0 Å². The molecule has 0 radical (unpaired) electrons. The third-order valence-corrected chi connectivity index (χ3v) is 10.2. The number of hydrogen-bond acceptors (Lipinski definition) is 0. The molecule has 4 saturated carbocycles. The molecule has 4 rings (SSSR count). The summed E-state index contributed by atoms with van der Waals surface area (Å²) >= 11 is 0. The molecule has 190 valence electrons. The van der Waals surface area contributed by atoms with E-state index in [2.05, 4.69) is 45.6 Å². The van der Waals surface area contributed by atoms with Crippen molar-refractivity contribution >= 4 is 0 Å². The van der Waals surface area contributed by atoms with E-state index in [1.54, 1.807) is 0 Å². The molecule has 0 N–H and O–H groups in total. The van der Waals surface area contributed by atoms with E-state index >= 15 is 0 Å². The molecule has 0 aromatic rings. The molecule has 4 aliphatic carbocycles. The Morgan fingerprint density at radius 2 is 0.879 bits per heavy atom. The van der Waals surface area contributed by atoms with Gasteiger partial charge in [-0.25, -0.2) is 0 Å². The van der Waals surface area contributed by atoms with Gasteiger partial charge in [-0.2, -0.15) is 0 Å². The maximum Gasteiger partial charge on any atom is -0.0233 e. The number of hydrogen-bond donors (Lipinski definition) is 0. The van der Waals surface area contributed by atoms with Crippen molar-refractivity contribution in [3.8, 4) is 0 Å². The van der Waals surface area contributed by atoms with Crippen molar-refractivity contribution in [1.29, 1.82) is 0 Å². The Hall–Kier alpha value is -0.520. The van der Waals surface area contributed by atoms with Crippen LogP contribution in [0.2, 0.25) is 0 Å². The third kappa shape index (κ3) is 9.93. The van der Waals surface area contributed by atoms with Crippen LogP contribution in [0.1, 0.15) is 136 Å².